The lowest BCUT2D eigenvalue weighted by atomic mass is 10.0. The maximum absolute atomic E-state index is 13.9. The number of nitrogens with zero attached hydrogens (tertiary/aromatic N) is 2. The number of carbonyl (C=O) groups is 3. The van der Waals surface area contributed by atoms with Crippen molar-refractivity contribution in [3.8, 4) is 5.75 Å². The van der Waals surface area contributed by atoms with Crippen molar-refractivity contribution in [3.63, 3.8) is 0 Å². The molecule has 0 fully saturated rings. The molecule has 3 aromatic rings. The highest BCUT2D eigenvalue weighted by Gasteiger charge is 2.36. The molecule has 0 spiro atoms. The van der Waals surface area contributed by atoms with E-state index in [9.17, 15) is 18.8 Å². The number of nitrogen functional groups attached to an aromatic ring is 1. The lowest BCUT2D eigenvalue weighted by Gasteiger charge is -2.31. The zero-order chi connectivity index (χ0) is 26.2. The molecule has 10 nitrogen and oxygen atoms in total. The summed E-state index contributed by atoms with van der Waals surface area (Å²) in [6.45, 7) is 2.69. The molecule has 0 aliphatic rings. The number of nitrogens with two attached hydrogens (primary N) is 2. The van der Waals surface area contributed by atoms with E-state index in [0.29, 0.717) is 35.1 Å². The highest BCUT2D eigenvalue weighted by Crippen LogP contribution is 2.34. The molecule has 0 aliphatic carbocycles. The van der Waals surface area contributed by atoms with Crippen LogP contribution in [0.2, 0.25) is 0 Å². The SMILES string of the molecule is CCOc1ccc(N(C(=O)c2snc(C(N)=O)c2N)[C@H](C(=O)NCCOC)c2ccc(F)cc2)cc1. The summed E-state index contributed by atoms with van der Waals surface area (Å²) in [5.74, 6) is -2.07. The van der Waals surface area contributed by atoms with Crippen molar-refractivity contribution in [2.24, 2.45) is 5.73 Å². The van der Waals surface area contributed by atoms with Gasteiger partial charge in [0, 0.05) is 19.3 Å². The molecule has 0 unspecified atom stereocenters. The van der Waals surface area contributed by atoms with Crippen LogP contribution in [0.5, 0.6) is 5.75 Å². The quantitative estimate of drug-likeness (QED) is 0.332. The van der Waals surface area contributed by atoms with Gasteiger partial charge in [0.25, 0.3) is 11.8 Å². The lowest BCUT2D eigenvalue weighted by Crippen LogP contribution is -2.44. The van der Waals surface area contributed by atoms with Gasteiger partial charge in [-0.15, -0.1) is 0 Å². The number of methoxy groups -OCH3 is 1. The van der Waals surface area contributed by atoms with Crippen molar-refractivity contribution in [2.45, 2.75) is 13.0 Å². The molecule has 0 saturated heterocycles. The predicted molar refractivity (Wildman–Crippen MR) is 133 cm³/mol. The Hall–Kier alpha value is -4.03. The number of nitrogens with one attached hydrogen (secondary N) is 1. The van der Waals surface area contributed by atoms with Crippen LogP contribution < -0.4 is 26.4 Å². The zero-order valence-electron chi connectivity index (χ0n) is 19.7. The summed E-state index contributed by atoms with van der Waals surface area (Å²) in [5.41, 5.74) is 11.6. The Labute approximate surface area is 211 Å². The van der Waals surface area contributed by atoms with Gasteiger partial charge >= 0.3 is 0 Å². The number of anilines is 2. The molecule has 0 saturated carbocycles. The monoisotopic (exact) mass is 515 g/mol. The van der Waals surface area contributed by atoms with Crippen molar-refractivity contribution in [1.29, 1.82) is 0 Å². The largest absolute Gasteiger partial charge is 0.494 e. The maximum Gasteiger partial charge on any atom is 0.273 e. The summed E-state index contributed by atoms with van der Waals surface area (Å²) < 4.78 is 28.1. The molecule has 1 heterocycles. The lowest BCUT2D eigenvalue weighted by molar-refractivity contribution is -0.122. The van der Waals surface area contributed by atoms with Gasteiger partial charge in [-0.25, -0.2) is 4.39 Å². The molecule has 190 valence electrons. The van der Waals surface area contributed by atoms with Gasteiger partial charge in [0.15, 0.2) is 5.69 Å². The third kappa shape index (κ3) is 5.96. The average molecular weight is 516 g/mol. The second-order valence-corrected chi connectivity index (χ2v) is 8.25. The van der Waals surface area contributed by atoms with Crippen LogP contribution in [0.4, 0.5) is 15.8 Å². The molecule has 1 aromatic heterocycles. The van der Waals surface area contributed by atoms with Crippen molar-refractivity contribution in [1.82, 2.24) is 9.69 Å². The fourth-order valence-electron chi connectivity index (χ4n) is 3.43. The normalized spacial score (nSPS) is 11.5. The van der Waals surface area contributed by atoms with Crippen LogP contribution >= 0.6 is 11.5 Å². The Balaban J connectivity index is 2.16. The number of halogens is 1. The third-order valence-electron chi connectivity index (χ3n) is 5.10. The Kier molecular flexibility index (Phi) is 8.92. The average Bonchev–Trinajstić information content (AvgIpc) is 3.25. The van der Waals surface area contributed by atoms with E-state index in [2.05, 4.69) is 9.69 Å². The molecule has 12 heteroatoms. The number of aromatic nitrogens is 1. The number of primary amides is 1. The molecule has 1 atom stereocenters. The van der Waals surface area contributed by atoms with Gasteiger partial charge in [0.05, 0.1) is 18.9 Å². The smallest absolute Gasteiger partial charge is 0.273 e. The molecule has 0 aliphatic heterocycles. The van der Waals surface area contributed by atoms with Crippen LogP contribution in [-0.2, 0) is 9.53 Å². The second-order valence-electron chi connectivity index (χ2n) is 7.48. The Morgan fingerprint density at radius 2 is 1.81 bits per heavy atom. The van der Waals surface area contributed by atoms with Crippen LogP contribution in [0.25, 0.3) is 0 Å². The number of hydrogen-bond donors (Lipinski definition) is 3. The van der Waals surface area contributed by atoms with Gasteiger partial charge in [0.1, 0.15) is 22.5 Å². The molecule has 0 radical (unpaired) electrons. The minimum absolute atomic E-state index is 0.0745. The second kappa shape index (κ2) is 12.1. The van der Waals surface area contributed by atoms with Gasteiger partial charge in [-0.3, -0.25) is 19.3 Å². The summed E-state index contributed by atoms with van der Waals surface area (Å²) in [5, 5.41) is 2.73. The Bertz CT molecular complexity index is 1220. The topological polar surface area (TPSA) is 150 Å². The summed E-state index contributed by atoms with van der Waals surface area (Å²) in [4.78, 5) is 40.1. The van der Waals surface area contributed by atoms with E-state index in [-0.39, 0.29) is 29.4 Å². The first-order valence-electron chi connectivity index (χ1n) is 10.9. The molecule has 2 aromatic carbocycles. The third-order valence-corrected chi connectivity index (χ3v) is 5.95. The molecular formula is C24H26FN5O5S. The van der Waals surface area contributed by atoms with Gasteiger partial charge in [-0.2, -0.15) is 4.37 Å². The molecule has 0 bridgehead atoms. The van der Waals surface area contributed by atoms with Crippen molar-refractivity contribution in [2.75, 3.05) is 37.5 Å². The van der Waals surface area contributed by atoms with Crippen LogP contribution in [0.1, 0.15) is 38.7 Å². The molecular weight excluding hydrogens is 489 g/mol. The van der Waals surface area contributed by atoms with Gasteiger partial charge in [-0.05, 0) is 60.4 Å². The molecule has 3 amide bonds. The number of carbonyl (C=O) groups excluding carboxylic acids is 3. The van der Waals surface area contributed by atoms with E-state index in [0.717, 1.165) is 0 Å². The molecule has 3 rings (SSSR count). The first-order valence-corrected chi connectivity index (χ1v) is 11.7. The predicted octanol–water partition coefficient (Wildman–Crippen LogP) is 2.51. The summed E-state index contributed by atoms with van der Waals surface area (Å²) in [7, 11) is 1.49. The van der Waals surface area contributed by atoms with E-state index >= 15 is 0 Å². The molecule has 5 N–H and O–H groups in total. The summed E-state index contributed by atoms with van der Waals surface area (Å²) in [6.07, 6.45) is 0. The van der Waals surface area contributed by atoms with Crippen LogP contribution in [-0.4, -0.2) is 49.0 Å². The van der Waals surface area contributed by atoms with Crippen molar-refractivity contribution in [3.05, 3.63) is 70.5 Å². The van der Waals surface area contributed by atoms with Crippen LogP contribution in [0.3, 0.4) is 0 Å². The fraction of sp³-hybridized carbons (Fsp3) is 0.250. The summed E-state index contributed by atoms with van der Waals surface area (Å²) in [6, 6.07) is 10.5. The highest BCUT2D eigenvalue weighted by atomic mass is 32.1. The van der Waals surface area contributed by atoms with E-state index < -0.39 is 29.6 Å². The standard InChI is InChI=1S/C24H26FN5O5S/c1-3-35-17-10-8-16(9-11-17)30(24(33)21-18(26)19(22(27)31)29-36-21)20(23(32)28-12-13-34-2)14-4-6-15(25)7-5-14/h4-11,20H,3,12-13,26H2,1-2H3,(H2,27,31)(H,28,32)/t20-/m0/s1. The minimum atomic E-state index is -1.23. The van der Waals surface area contributed by atoms with Crippen LogP contribution in [0.15, 0.2) is 48.5 Å². The minimum Gasteiger partial charge on any atom is -0.494 e. The van der Waals surface area contributed by atoms with Gasteiger partial charge < -0.3 is 26.3 Å². The Morgan fingerprint density at radius 3 is 2.36 bits per heavy atom. The number of hydrogen-bond acceptors (Lipinski definition) is 8. The fourth-order valence-corrected chi connectivity index (χ4v) is 4.17. The number of rotatable bonds is 11. The zero-order valence-corrected chi connectivity index (χ0v) is 20.5. The number of ether oxygens (including phenoxy) is 2. The van der Waals surface area contributed by atoms with E-state index in [1.54, 1.807) is 24.3 Å². The first kappa shape index (κ1) is 26.6. The first-order chi connectivity index (χ1) is 17.3. The highest BCUT2D eigenvalue weighted by molar-refractivity contribution is 7.09. The maximum atomic E-state index is 13.9. The van der Waals surface area contributed by atoms with Crippen molar-refractivity contribution < 1.29 is 28.2 Å². The number of benzene rings is 2. The van der Waals surface area contributed by atoms with Gasteiger partial charge in [-0.1, -0.05) is 12.1 Å². The Morgan fingerprint density at radius 1 is 1.14 bits per heavy atom. The number of amides is 3. The summed E-state index contributed by atoms with van der Waals surface area (Å²) >= 11 is 0.692. The van der Waals surface area contributed by atoms with E-state index in [4.69, 9.17) is 20.9 Å². The van der Waals surface area contributed by atoms with Gasteiger partial charge in [0.2, 0.25) is 5.91 Å². The van der Waals surface area contributed by atoms with Crippen molar-refractivity contribution >= 4 is 40.6 Å². The van der Waals surface area contributed by atoms with E-state index in [1.165, 1.54) is 36.3 Å². The molecule has 36 heavy (non-hydrogen) atoms. The van der Waals surface area contributed by atoms with E-state index in [1.807, 2.05) is 6.92 Å². The van der Waals surface area contributed by atoms with Crippen LogP contribution in [0, 0.1) is 5.82 Å².